The Morgan fingerprint density at radius 2 is 2.27 bits per heavy atom. The third-order valence-corrected chi connectivity index (χ3v) is 1.12. The molecule has 63 valence electrons. The number of hydrogen-bond acceptors (Lipinski definition) is 2. The largest absolute Gasteiger partial charge is 0.463 e. The third-order valence-electron chi connectivity index (χ3n) is 1.12. The van der Waals surface area contributed by atoms with Gasteiger partial charge < -0.3 is 4.74 Å². The lowest BCUT2D eigenvalue weighted by molar-refractivity contribution is -0.147. The van der Waals surface area contributed by atoms with Gasteiger partial charge in [-0.15, -0.1) is 0 Å². The van der Waals surface area contributed by atoms with Gasteiger partial charge in [-0.3, -0.25) is 4.79 Å². The van der Waals surface area contributed by atoms with Crippen LogP contribution in [0.4, 0.5) is 0 Å². The minimum Gasteiger partial charge on any atom is -0.463 e. The lowest BCUT2D eigenvalue weighted by Crippen LogP contribution is -2.10. The fourth-order valence-electron chi connectivity index (χ4n) is 0.686. The molecule has 0 fully saturated rings. The van der Waals surface area contributed by atoms with Crippen molar-refractivity contribution >= 4 is 5.97 Å². The van der Waals surface area contributed by atoms with Gasteiger partial charge in [-0.25, -0.2) is 0 Å². The summed E-state index contributed by atoms with van der Waals surface area (Å²) in [7, 11) is 0. The van der Waals surface area contributed by atoms with Crippen LogP contribution in [0.15, 0.2) is 6.08 Å². The molecule has 0 atom stereocenters. The first-order valence-corrected chi connectivity index (χ1v) is 3.89. The van der Waals surface area contributed by atoms with E-state index in [1.165, 1.54) is 0 Å². The molecule has 0 aliphatic heterocycles. The van der Waals surface area contributed by atoms with Crippen LogP contribution in [0.1, 0.15) is 33.1 Å². The molecule has 0 aromatic carbocycles. The van der Waals surface area contributed by atoms with Crippen LogP contribution in [-0.4, -0.2) is 12.1 Å². The van der Waals surface area contributed by atoms with Gasteiger partial charge in [0.2, 0.25) is 0 Å². The highest BCUT2D eigenvalue weighted by atomic mass is 16.5. The third kappa shape index (κ3) is 7.10. The first-order chi connectivity index (χ1) is 5.16. The lowest BCUT2D eigenvalue weighted by Gasteiger charge is -2.06. The van der Waals surface area contributed by atoms with Crippen LogP contribution in [-0.2, 0) is 9.53 Å². The van der Waals surface area contributed by atoms with Crippen molar-refractivity contribution in [3.8, 4) is 0 Å². The Balaban J connectivity index is 3.30. The van der Waals surface area contributed by atoms with Crippen LogP contribution in [0.25, 0.3) is 0 Å². The van der Waals surface area contributed by atoms with Crippen molar-refractivity contribution in [1.29, 1.82) is 0 Å². The highest BCUT2D eigenvalue weighted by Crippen LogP contribution is 1.99. The van der Waals surface area contributed by atoms with E-state index in [0.29, 0.717) is 6.42 Å². The summed E-state index contributed by atoms with van der Waals surface area (Å²) >= 11 is 0. The summed E-state index contributed by atoms with van der Waals surface area (Å²) in [6.45, 7) is 8.82. The highest BCUT2D eigenvalue weighted by molar-refractivity contribution is 5.69. The molecule has 0 aliphatic carbocycles. The summed E-state index contributed by atoms with van der Waals surface area (Å²) in [6, 6.07) is 0. The van der Waals surface area contributed by atoms with Crippen LogP contribution in [0, 0.1) is 6.58 Å². The summed E-state index contributed by atoms with van der Waals surface area (Å²) in [6.07, 6.45) is 3.56. The standard InChI is InChI=1S/C9H15O2/c1-4-5-6-7-9(10)11-8(2)3/h1,4,8H,5-7H2,2-3H3. The van der Waals surface area contributed by atoms with Crippen LogP contribution >= 0.6 is 0 Å². The van der Waals surface area contributed by atoms with Crippen molar-refractivity contribution in [2.75, 3.05) is 0 Å². The molecule has 0 N–H and O–H groups in total. The van der Waals surface area contributed by atoms with Gasteiger partial charge in [0.15, 0.2) is 0 Å². The smallest absolute Gasteiger partial charge is 0.306 e. The van der Waals surface area contributed by atoms with E-state index < -0.39 is 0 Å². The fraction of sp³-hybridized carbons (Fsp3) is 0.667. The predicted octanol–water partition coefficient (Wildman–Crippen LogP) is 2.10. The van der Waals surface area contributed by atoms with Gasteiger partial charge in [0.25, 0.3) is 0 Å². The first-order valence-electron chi connectivity index (χ1n) is 3.89. The molecule has 2 heteroatoms. The average molecular weight is 155 g/mol. The first kappa shape index (κ1) is 10.2. The Labute approximate surface area is 68.2 Å². The molecular weight excluding hydrogens is 140 g/mol. The molecule has 11 heavy (non-hydrogen) atoms. The van der Waals surface area contributed by atoms with Gasteiger partial charge in [-0.05, 0) is 26.7 Å². The van der Waals surface area contributed by atoms with Crippen LogP contribution in [0.3, 0.4) is 0 Å². The Bertz CT molecular complexity index is 128. The zero-order valence-electron chi connectivity index (χ0n) is 7.17. The van der Waals surface area contributed by atoms with Crippen molar-refractivity contribution in [3.05, 3.63) is 12.7 Å². The van der Waals surface area contributed by atoms with E-state index in [4.69, 9.17) is 11.3 Å². The van der Waals surface area contributed by atoms with Crippen LogP contribution in [0.5, 0.6) is 0 Å². The summed E-state index contributed by atoms with van der Waals surface area (Å²) in [5.74, 6) is -0.137. The summed E-state index contributed by atoms with van der Waals surface area (Å²) in [4.78, 5) is 10.9. The number of carbonyl (C=O) groups is 1. The van der Waals surface area contributed by atoms with Crippen molar-refractivity contribution < 1.29 is 9.53 Å². The fourth-order valence-corrected chi connectivity index (χ4v) is 0.686. The van der Waals surface area contributed by atoms with Crippen molar-refractivity contribution in [2.24, 2.45) is 0 Å². The van der Waals surface area contributed by atoms with Gasteiger partial charge in [0, 0.05) is 6.42 Å². The lowest BCUT2D eigenvalue weighted by atomic mass is 10.2. The Morgan fingerprint density at radius 3 is 2.73 bits per heavy atom. The Morgan fingerprint density at radius 1 is 1.64 bits per heavy atom. The molecule has 0 bridgehead atoms. The second-order valence-electron chi connectivity index (χ2n) is 2.67. The van der Waals surface area contributed by atoms with Gasteiger partial charge in [-0.2, -0.15) is 0 Å². The summed E-state index contributed by atoms with van der Waals surface area (Å²) in [5.41, 5.74) is 0. The van der Waals surface area contributed by atoms with Gasteiger partial charge in [0.05, 0.1) is 6.10 Å². The number of hydrogen-bond donors (Lipinski definition) is 0. The number of allylic oxidation sites excluding steroid dienone is 1. The summed E-state index contributed by atoms with van der Waals surface area (Å²) < 4.78 is 4.90. The van der Waals surface area contributed by atoms with E-state index in [2.05, 4.69) is 0 Å². The second kappa shape index (κ2) is 5.96. The molecule has 2 nitrogen and oxygen atoms in total. The maximum Gasteiger partial charge on any atom is 0.306 e. The highest BCUT2D eigenvalue weighted by Gasteiger charge is 2.03. The molecular formula is C9H15O2. The molecule has 1 radical (unpaired) electrons. The average Bonchev–Trinajstić information content (AvgIpc) is 1.86. The molecule has 0 aromatic heterocycles. The van der Waals surface area contributed by atoms with Crippen LogP contribution < -0.4 is 0 Å². The van der Waals surface area contributed by atoms with E-state index in [9.17, 15) is 4.79 Å². The number of unbranched alkanes of at least 4 members (excludes halogenated alkanes) is 1. The molecule has 0 heterocycles. The molecule has 0 aromatic rings. The SMILES string of the molecule is [CH]=CCCCC(=O)OC(C)C. The van der Waals surface area contributed by atoms with E-state index in [1.54, 1.807) is 6.08 Å². The van der Waals surface area contributed by atoms with Crippen molar-refractivity contribution in [3.63, 3.8) is 0 Å². The van der Waals surface area contributed by atoms with Crippen molar-refractivity contribution in [2.45, 2.75) is 39.2 Å². The van der Waals surface area contributed by atoms with E-state index >= 15 is 0 Å². The van der Waals surface area contributed by atoms with Gasteiger partial charge in [-0.1, -0.05) is 12.7 Å². The number of ether oxygens (including phenoxy) is 1. The van der Waals surface area contributed by atoms with Gasteiger partial charge in [0.1, 0.15) is 0 Å². The minimum atomic E-state index is -0.137. The number of carbonyl (C=O) groups excluding carboxylic acids is 1. The predicted molar refractivity (Wildman–Crippen MR) is 43.9 cm³/mol. The number of rotatable bonds is 5. The molecule has 0 rings (SSSR count). The maximum atomic E-state index is 10.9. The van der Waals surface area contributed by atoms with Crippen LogP contribution in [0.2, 0.25) is 0 Å². The van der Waals surface area contributed by atoms with E-state index in [0.717, 1.165) is 12.8 Å². The van der Waals surface area contributed by atoms with E-state index in [1.807, 2.05) is 13.8 Å². The minimum absolute atomic E-state index is 0.00986. The maximum absolute atomic E-state index is 10.9. The molecule has 0 aliphatic rings. The molecule has 0 spiro atoms. The molecule has 0 unspecified atom stereocenters. The molecule has 0 saturated carbocycles. The topological polar surface area (TPSA) is 26.3 Å². The quantitative estimate of drug-likeness (QED) is 0.449. The molecule has 0 amide bonds. The van der Waals surface area contributed by atoms with E-state index in [-0.39, 0.29) is 12.1 Å². The Kier molecular flexibility index (Phi) is 5.53. The second-order valence-corrected chi connectivity index (χ2v) is 2.67. The van der Waals surface area contributed by atoms with Crippen molar-refractivity contribution in [1.82, 2.24) is 0 Å². The Hall–Kier alpha value is -0.790. The summed E-state index contributed by atoms with van der Waals surface area (Å²) in [5, 5.41) is 0. The zero-order valence-corrected chi connectivity index (χ0v) is 7.17. The number of esters is 1. The monoisotopic (exact) mass is 155 g/mol. The normalized spacial score (nSPS) is 9.73. The molecule has 0 saturated heterocycles. The zero-order chi connectivity index (χ0) is 8.69. The van der Waals surface area contributed by atoms with Gasteiger partial charge >= 0.3 is 5.97 Å².